The van der Waals surface area contributed by atoms with Crippen molar-refractivity contribution in [2.75, 3.05) is 0 Å². The van der Waals surface area contributed by atoms with Gasteiger partial charge < -0.3 is 14.9 Å². The van der Waals surface area contributed by atoms with Gasteiger partial charge in [0.2, 0.25) is 0 Å². The average Bonchev–Trinajstić information content (AvgIpc) is 2.51. The third-order valence-corrected chi connectivity index (χ3v) is 2.77. The van der Waals surface area contributed by atoms with Crippen LogP contribution in [0.3, 0.4) is 0 Å². The zero-order chi connectivity index (χ0) is 16.7. The number of carbonyl (C=O) groups is 2. The Kier molecular flexibility index (Phi) is 5.30. The fourth-order valence-corrected chi connectivity index (χ4v) is 1.75. The molecule has 0 aromatic heterocycles. The highest BCUT2D eigenvalue weighted by Crippen LogP contribution is 2.13. The topological polar surface area (TPSA) is 83.8 Å². The number of phenolic OH excluding ortho intramolecular Hbond substituents is 2. The molecular weight excluding hydrogens is 296 g/mol. The molecule has 0 atom stereocenters. The van der Waals surface area contributed by atoms with Gasteiger partial charge in [0.1, 0.15) is 11.5 Å². The fourth-order valence-electron chi connectivity index (χ4n) is 1.75. The van der Waals surface area contributed by atoms with Crippen LogP contribution in [0.25, 0.3) is 12.2 Å². The van der Waals surface area contributed by atoms with Crippen LogP contribution in [0.1, 0.15) is 11.1 Å². The standard InChI is InChI=1S/C18H14O5/c19-15-5-1-3-13(11-15)7-9-17(21)23-18(22)10-8-14-4-2-6-16(20)12-14/h1-12,19-20H/b9-7+,10-8?. The molecule has 2 aromatic rings. The molecule has 0 aliphatic carbocycles. The minimum atomic E-state index is -0.820. The predicted molar refractivity (Wildman–Crippen MR) is 85.4 cm³/mol. The first-order valence-electron chi connectivity index (χ1n) is 6.73. The first-order valence-corrected chi connectivity index (χ1v) is 6.73. The number of rotatable bonds is 4. The van der Waals surface area contributed by atoms with Gasteiger partial charge in [-0.25, -0.2) is 9.59 Å². The van der Waals surface area contributed by atoms with Gasteiger partial charge in [0.25, 0.3) is 0 Å². The highest BCUT2D eigenvalue weighted by atomic mass is 16.6. The lowest BCUT2D eigenvalue weighted by atomic mass is 10.2. The summed E-state index contributed by atoms with van der Waals surface area (Å²) in [6.07, 6.45) is 5.03. The molecule has 0 bridgehead atoms. The van der Waals surface area contributed by atoms with E-state index >= 15 is 0 Å². The lowest BCUT2D eigenvalue weighted by molar-refractivity contribution is -0.152. The minimum absolute atomic E-state index is 0.0747. The Morgan fingerprint density at radius 1 is 0.783 bits per heavy atom. The van der Waals surface area contributed by atoms with Crippen LogP contribution in [0.5, 0.6) is 11.5 Å². The molecular formula is C18H14O5. The number of ether oxygens (including phenoxy) is 1. The van der Waals surface area contributed by atoms with Crippen LogP contribution in [-0.4, -0.2) is 22.2 Å². The van der Waals surface area contributed by atoms with Crippen LogP contribution < -0.4 is 0 Å². The Hall–Kier alpha value is -3.34. The van der Waals surface area contributed by atoms with Crippen LogP contribution in [0, 0.1) is 0 Å². The van der Waals surface area contributed by atoms with Crippen molar-refractivity contribution in [1.82, 2.24) is 0 Å². The largest absolute Gasteiger partial charge is 0.508 e. The molecule has 0 aliphatic heterocycles. The van der Waals surface area contributed by atoms with E-state index in [1.165, 1.54) is 36.4 Å². The van der Waals surface area contributed by atoms with E-state index in [2.05, 4.69) is 4.74 Å². The number of esters is 2. The van der Waals surface area contributed by atoms with Crippen molar-refractivity contribution in [3.8, 4) is 11.5 Å². The van der Waals surface area contributed by atoms with Gasteiger partial charge in [0, 0.05) is 12.2 Å². The molecule has 5 nitrogen and oxygen atoms in total. The Balaban J connectivity index is 1.91. The molecule has 0 saturated carbocycles. The van der Waals surface area contributed by atoms with Crippen molar-refractivity contribution >= 4 is 24.1 Å². The second kappa shape index (κ2) is 7.61. The van der Waals surface area contributed by atoms with E-state index in [1.807, 2.05) is 0 Å². The number of hydrogen-bond acceptors (Lipinski definition) is 5. The van der Waals surface area contributed by atoms with E-state index in [0.29, 0.717) is 11.1 Å². The van der Waals surface area contributed by atoms with E-state index in [4.69, 9.17) is 0 Å². The minimum Gasteiger partial charge on any atom is -0.508 e. The van der Waals surface area contributed by atoms with Gasteiger partial charge in [-0.1, -0.05) is 24.3 Å². The van der Waals surface area contributed by atoms with Gasteiger partial charge in [-0.05, 0) is 47.5 Å². The van der Waals surface area contributed by atoms with Crippen molar-refractivity contribution in [2.24, 2.45) is 0 Å². The van der Waals surface area contributed by atoms with Gasteiger partial charge in [0.15, 0.2) is 0 Å². The SMILES string of the molecule is O=C(C=Cc1cccc(O)c1)OC(=O)/C=C/c1cccc(O)c1. The van der Waals surface area contributed by atoms with Crippen molar-refractivity contribution < 1.29 is 24.5 Å². The fraction of sp³-hybridized carbons (Fsp3) is 0. The number of aromatic hydroxyl groups is 2. The maximum atomic E-state index is 11.5. The Morgan fingerprint density at radius 2 is 1.22 bits per heavy atom. The first kappa shape index (κ1) is 16.0. The zero-order valence-corrected chi connectivity index (χ0v) is 12.0. The zero-order valence-electron chi connectivity index (χ0n) is 12.0. The Bertz CT molecular complexity index is 709. The van der Waals surface area contributed by atoms with E-state index in [1.54, 1.807) is 24.3 Å². The molecule has 0 spiro atoms. The summed E-state index contributed by atoms with van der Waals surface area (Å²) in [6.45, 7) is 0. The van der Waals surface area contributed by atoms with Gasteiger partial charge in [-0.15, -0.1) is 0 Å². The molecule has 0 radical (unpaired) electrons. The second-order valence-electron chi connectivity index (χ2n) is 4.60. The molecule has 2 aromatic carbocycles. The average molecular weight is 310 g/mol. The molecule has 23 heavy (non-hydrogen) atoms. The molecule has 0 unspecified atom stereocenters. The smallest absolute Gasteiger partial charge is 0.338 e. The van der Waals surface area contributed by atoms with Crippen molar-refractivity contribution in [2.45, 2.75) is 0 Å². The van der Waals surface area contributed by atoms with Gasteiger partial charge >= 0.3 is 11.9 Å². The van der Waals surface area contributed by atoms with Crippen molar-refractivity contribution in [3.05, 3.63) is 71.8 Å². The van der Waals surface area contributed by atoms with Crippen LogP contribution in [0.4, 0.5) is 0 Å². The van der Waals surface area contributed by atoms with Crippen molar-refractivity contribution in [1.29, 1.82) is 0 Å². The summed E-state index contributed by atoms with van der Waals surface area (Å²) >= 11 is 0. The van der Waals surface area contributed by atoms with E-state index < -0.39 is 11.9 Å². The summed E-state index contributed by atoms with van der Waals surface area (Å²) in [5, 5.41) is 18.6. The number of hydrogen-bond donors (Lipinski definition) is 2. The third kappa shape index (κ3) is 5.51. The summed E-state index contributed by atoms with van der Waals surface area (Å²) < 4.78 is 4.58. The maximum Gasteiger partial charge on any atom is 0.338 e. The summed E-state index contributed by atoms with van der Waals surface area (Å²) in [5.41, 5.74) is 1.20. The van der Waals surface area contributed by atoms with Crippen LogP contribution in [0.15, 0.2) is 60.7 Å². The highest BCUT2D eigenvalue weighted by molar-refractivity contribution is 5.99. The summed E-state index contributed by atoms with van der Waals surface area (Å²) in [5.74, 6) is -1.49. The van der Waals surface area contributed by atoms with Crippen molar-refractivity contribution in [3.63, 3.8) is 0 Å². The summed E-state index contributed by atoms with van der Waals surface area (Å²) in [6, 6.07) is 12.6. The quantitative estimate of drug-likeness (QED) is 0.515. The van der Waals surface area contributed by atoms with Crippen LogP contribution in [0.2, 0.25) is 0 Å². The maximum absolute atomic E-state index is 11.5. The molecule has 2 N–H and O–H groups in total. The number of carbonyl (C=O) groups excluding carboxylic acids is 2. The lowest BCUT2D eigenvalue weighted by Gasteiger charge is -1.97. The molecule has 0 heterocycles. The van der Waals surface area contributed by atoms with Crippen LogP contribution in [-0.2, 0) is 14.3 Å². The van der Waals surface area contributed by atoms with E-state index in [9.17, 15) is 19.8 Å². The number of phenols is 2. The first-order chi connectivity index (χ1) is 11.0. The molecule has 0 amide bonds. The lowest BCUT2D eigenvalue weighted by Crippen LogP contribution is -2.06. The molecule has 2 rings (SSSR count). The second-order valence-corrected chi connectivity index (χ2v) is 4.60. The molecule has 116 valence electrons. The van der Waals surface area contributed by atoms with Gasteiger partial charge in [-0.3, -0.25) is 0 Å². The predicted octanol–water partition coefficient (Wildman–Crippen LogP) is 2.89. The van der Waals surface area contributed by atoms with Gasteiger partial charge in [-0.2, -0.15) is 0 Å². The number of benzene rings is 2. The molecule has 0 aliphatic rings. The molecule has 0 fully saturated rings. The highest BCUT2D eigenvalue weighted by Gasteiger charge is 2.03. The Labute approximate surface area is 132 Å². The normalized spacial score (nSPS) is 11.0. The van der Waals surface area contributed by atoms with Crippen LogP contribution >= 0.6 is 0 Å². The molecule has 5 heteroatoms. The van der Waals surface area contributed by atoms with Gasteiger partial charge in [0.05, 0.1) is 0 Å². The molecule has 0 saturated heterocycles. The third-order valence-electron chi connectivity index (χ3n) is 2.77. The summed E-state index contributed by atoms with van der Waals surface area (Å²) in [4.78, 5) is 23.0. The van der Waals surface area contributed by atoms with E-state index in [0.717, 1.165) is 12.2 Å². The Morgan fingerprint density at radius 3 is 1.61 bits per heavy atom. The summed E-state index contributed by atoms with van der Waals surface area (Å²) in [7, 11) is 0. The van der Waals surface area contributed by atoms with E-state index in [-0.39, 0.29) is 11.5 Å². The monoisotopic (exact) mass is 310 g/mol.